The van der Waals surface area contributed by atoms with Gasteiger partial charge in [0.25, 0.3) is 0 Å². The number of hydrogen-bond donors (Lipinski definition) is 1. The molecular weight excluding hydrogens is 300 g/mol. The molecule has 1 aliphatic heterocycles. The zero-order valence-electron chi connectivity index (χ0n) is 14.6. The van der Waals surface area contributed by atoms with E-state index in [9.17, 15) is 0 Å². The normalized spacial score (nSPS) is 14.5. The minimum atomic E-state index is 0.726. The predicted molar refractivity (Wildman–Crippen MR) is 98.0 cm³/mol. The lowest BCUT2D eigenvalue weighted by Gasteiger charge is -2.28. The minimum absolute atomic E-state index is 0.726. The van der Waals surface area contributed by atoms with E-state index in [2.05, 4.69) is 33.4 Å². The van der Waals surface area contributed by atoms with Crippen molar-refractivity contribution in [3.8, 4) is 5.75 Å². The molecule has 0 unspecified atom stereocenters. The van der Waals surface area contributed by atoms with Crippen LogP contribution >= 0.6 is 0 Å². The number of anilines is 2. The van der Waals surface area contributed by atoms with Crippen LogP contribution in [0.15, 0.2) is 30.3 Å². The molecule has 1 fully saturated rings. The molecule has 1 aromatic carbocycles. The van der Waals surface area contributed by atoms with E-state index in [4.69, 9.17) is 9.72 Å². The van der Waals surface area contributed by atoms with Crippen molar-refractivity contribution in [2.75, 3.05) is 37.0 Å². The first-order chi connectivity index (χ1) is 11.7. The van der Waals surface area contributed by atoms with Gasteiger partial charge in [-0.1, -0.05) is 12.1 Å². The van der Waals surface area contributed by atoms with Crippen LogP contribution in [0, 0.1) is 6.92 Å². The lowest BCUT2D eigenvalue weighted by Crippen LogP contribution is -2.30. The number of methoxy groups -OCH3 is 1. The molecule has 1 aromatic heterocycles. The standard InChI is InChI=1S/C19H26N4O/c1-15-14-18(23-12-4-3-5-13-23)22-19(21-15)20-11-10-16-6-8-17(24-2)9-7-16/h6-9,14H,3-5,10-13H2,1-2H3,(H,20,21,22). The van der Waals surface area contributed by atoms with Gasteiger partial charge in [0.05, 0.1) is 7.11 Å². The molecule has 2 aromatic rings. The van der Waals surface area contributed by atoms with Crippen molar-refractivity contribution in [1.82, 2.24) is 9.97 Å². The molecule has 24 heavy (non-hydrogen) atoms. The molecular formula is C19H26N4O. The molecule has 0 radical (unpaired) electrons. The van der Waals surface area contributed by atoms with Crippen LogP contribution in [-0.2, 0) is 6.42 Å². The fraction of sp³-hybridized carbons (Fsp3) is 0.474. The molecule has 0 bridgehead atoms. The Balaban J connectivity index is 1.58. The summed E-state index contributed by atoms with van der Waals surface area (Å²) < 4.78 is 5.19. The minimum Gasteiger partial charge on any atom is -0.497 e. The van der Waals surface area contributed by atoms with E-state index < -0.39 is 0 Å². The molecule has 2 heterocycles. The van der Waals surface area contributed by atoms with Crippen LogP contribution in [0.2, 0.25) is 0 Å². The summed E-state index contributed by atoms with van der Waals surface area (Å²) in [5, 5.41) is 3.36. The highest BCUT2D eigenvalue weighted by molar-refractivity contribution is 5.45. The second-order valence-electron chi connectivity index (χ2n) is 6.26. The second-order valence-corrected chi connectivity index (χ2v) is 6.26. The topological polar surface area (TPSA) is 50.3 Å². The van der Waals surface area contributed by atoms with Crippen molar-refractivity contribution < 1.29 is 4.74 Å². The monoisotopic (exact) mass is 326 g/mol. The van der Waals surface area contributed by atoms with Gasteiger partial charge in [0.1, 0.15) is 11.6 Å². The number of nitrogens with zero attached hydrogens (tertiary/aromatic N) is 3. The molecule has 5 heteroatoms. The molecule has 3 rings (SSSR count). The van der Waals surface area contributed by atoms with Gasteiger partial charge in [0, 0.05) is 31.4 Å². The third-order valence-corrected chi connectivity index (χ3v) is 4.38. The maximum atomic E-state index is 5.19. The van der Waals surface area contributed by atoms with E-state index in [1.165, 1.54) is 24.8 Å². The molecule has 0 atom stereocenters. The van der Waals surface area contributed by atoms with Crippen LogP contribution in [-0.4, -0.2) is 36.7 Å². The van der Waals surface area contributed by atoms with Gasteiger partial charge in [-0.05, 0) is 50.3 Å². The van der Waals surface area contributed by atoms with E-state index in [1.807, 2.05) is 19.1 Å². The summed E-state index contributed by atoms with van der Waals surface area (Å²) in [6.07, 6.45) is 4.76. The zero-order chi connectivity index (χ0) is 16.8. The molecule has 0 aliphatic carbocycles. The van der Waals surface area contributed by atoms with Crippen molar-refractivity contribution >= 4 is 11.8 Å². The Bertz CT molecular complexity index is 651. The van der Waals surface area contributed by atoms with E-state index in [-0.39, 0.29) is 0 Å². The average molecular weight is 326 g/mol. The summed E-state index contributed by atoms with van der Waals surface area (Å²) in [6.45, 7) is 5.04. The molecule has 0 amide bonds. The Labute approximate surface area is 144 Å². The summed E-state index contributed by atoms with van der Waals surface area (Å²) in [5.74, 6) is 2.66. The van der Waals surface area contributed by atoms with Gasteiger partial charge < -0.3 is 15.0 Å². The average Bonchev–Trinajstić information content (AvgIpc) is 2.63. The highest BCUT2D eigenvalue weighted by atomic mass is 16.5. The van der Waals surface area contributed by atoms with Crippen LogP contribution in [0.4, 0.5) is 11.8 Å². The van der Waals surface area contributed by atoms with Crippen LogP contribution < -0.4 is 15.0 Å². The Hall–Kier alpha value is -2.30. The number of piperidine rings is 1. The van der Waals surface area contributed by atoms with E-state index in [1.54, 1.807) is 7.11 Å². The van der Waals surface area contributed by atoms with E-state index >= 15 is 0 Å². The Kier molecular flexibility index (Phi) is 5.51. The summed E-state index contributed by atoms with van der Waals surface area (Å²) in [4.78, 5) is 11.6. The van der Waals surface area contributed by atoms with Gasteiger partial charge >= 0.3 is 0 Å². The predicted octanol–water partition coefficient (Wildman–Crippen LogP) is 3.44. The lowest BCUT2D eigenvalue weighted by molar-refractivity contribution is 0.414. The fourth-order valence-electron chi connectivity index (χ4n) is 3.03. The van der Waals surface area contributed by atoms with Gasteiger partial charge in [0.2, 0.25) is 5.95 Å². The van der Waals surface area contributed by atoms with Gasteiger partial charge in [-0.3, -0.25) is 0 Å². The lowest BCUT2D eigenvalue weighted by atomic mass is 10.1. The summed E-state index contributed by atoms with van der Waals surface area (Å²) in [6, 6.07) is 10.3. The SMILES string of the molecule is COc1ccc(CCNc2nc(C)cc(N3CCCCC3)n2)cc1. The highest BCUT2D eigenvalue weighted by Gasteiger charge is 2.13. The third-order valence-electron chi connectivity index (χ3n) is 4.38. The molecule has 1 N–H and O–H groups in total. The Morgan fingerprint density at radius 1 is 1.08 bits per heavy atom. The van der Waals surface area contributed by atoms with Crippen LogP contribution in [0.25, 0.3) is 0 Å². The van der Waals surface area contributed by atoms with Crippen molar-refractivity contribution in [3.05, 3.63) is 41.6 Å². The van der Waals surface area contributed by atoms with Crippen molar-refractivity contribution in [1.29, 1.82) is 0 Å². The van der Waals surface area contributed by atoms with E-state index in [0.29, 0.717) is 0 Å². The van der Waals surface area contributed by atoms with Crippen LogP contribution in [0.1, 0.15) is 30.5 Å². The smallest absolute Gasteiger partial charge is 0.224 e. The maximum absolute atomic E-state index is 5.19. The third kappa shape index (κ3) is 4.37. The number of benzene rings is 1. The summed E-state index contributed by atoms with van der Waals surface area (Å²) in [7, 11) is 1.69. The molecule has 5 nitrogen and oxygen atoms in total. The number of hydrogen-bond acceptors (Lipinski definition) is 5. The van der Waals surface area contributed by atoms with Crippen molar-refractivity contribution in [2.24, 2.45) is 0 Å². The fourth-order valence-corrected chi connectivity index (χ4v) is 3.03. The van der Waals surface area contributed by atoms with Crippen LogP contribution in [0.5, 0.6) is 5.75 Å². The first-order valence-electron chi connectivity index (χ1n) is 8.72. The van der Waals surface area contributed by atoms with Gasteiger partial charge in [-0.15, -0.1) is 0 Å². The maximum Gasteiger partial charge on any atom is 0.224 e. The number of aryl methyl sites for hydroxylation is 1. The van der Waals surface area contributed by atoms with Gasteiger partial charge in [-0.2, -0.15) is 4.98 Å². The molecule has 1 saturated heterocycles. The quantitative estimate of drug-likeness (QED) is 0.881. The first kappa shape index (κ1) is 16.6. The number of ether oxygens (including phenoxy) is 1. The van der Waals surface area contributed by atoms with Gasteiger partial charge in [-0.25, -0.2) is 4.98 Å². The zero-order valence-corrected chi connectivity index (χ0v) is 14.6. The Morgan fingerprint density at radius 3 is 2.54 bits per heavy atom. The van der Waals surface area contributed by atoms with Crippen molar-refractivity contribution in [2.45, 2.75) is 32.6 Å². The Morgan fingerprint density at radius 2 is 1.83 bits per heavy atom. The molecule has 0 saturated carbocycles. The second kappa shape index (κ2) is 7.99. The first-order valence-corrected chi connectivity index (χ1v) is 8.72. The summed E-state index contributed by atoms with van der Waals surface area (Å²) in [5.41, 5.74) is 2.28. The van der Waals surface area contributed by atoms with E-state index in [0.717, 1.165) is 49.3 Å². The van der Waals surface area contributed by atoms with Gasteiger partial charge in [0.15, 0.2) is 0 Å². The summed E-state index contributed by atoms with van der Waals surface area (Å²) >= 11 is 0. The number of aromatic nitrogens is 2. The molecule has 0 spiro atoms. The largest absolute Gasteiger partial charge is 0.497 e. The van der Waals surface area contributed by atoms with Crippen LogP contribution in [0.3, 0.4) is 0 Å². The van der Waals surface area contributed by atoms with Crippen molar-refractivity contribution in [3.63, 3.8) is 0 Å². The molecule has 128 valence electrons. The highest BCUT2D eigenvalue weighted by Crippen LogP contribution is 2.19. The number of nitrogens with one attached hydrogen (secondary N) is 1. The molecule has 1 aliphatic rings. The number of rotatable bonds is 6.